The highest BCUT2D eigenvalue weighted by molar-refractivity contribution is 7.86. The summed E-state index contributed by atoms with van der Waals surface area (Å²) in [6.07, 6.45) is 1.93. The van der Waals surface area contributed by atoms with E-state index in [1.54, 1.807) is 18.4 Å². The first-order valence-electron chi connectivity index (χ1n) is 8.81. The van der Waals surface area contributed by atoms with Gasteiger partial charge < -0.3 is 0 Å². The third-order valence-electron chi connectivity index (χ3n) is 5.49. The van der Waals surface area contributed by atoms with Crippen molar-refractivity contribution in [3.63, 3.8) is 0 Å². The van der Waals surface area contributed by atoms with Gasteiger partial charge in [-0.15, -0.1) is 0 Å². The van der Waals surface area contributed by atoms with Gasteiger partial charge in [-0.3, -0.25) is 4.90 Å². The molecule has 2 saturated heterocycles. The molecule has 1 aromatic heterocycles. The van der Waals surface area contributed by atoms with Gasteiger partial charge in [0.25, 0.3) is 10.2 Å². The zero-order valence-electron chi connectivity index (χ0n) is 15.0. The Labute approximate surface area is 159 Å². The van der Waals surface area contributed by atoms with E-state index in [0.717, 1.165) is 25.2 Å². The number of benzene rings is 1. The molecule has 26 heavy (non-hydrogen) atoms. The van der Waals surface area contributed by atoms with Gasteiger partial charge in [0.05, 0.1) is 6.04 Å². The first-order chi connectivity index (χ1) is 12.5. The fourth-order valence-corrected chi connectivity index (χ4v) is 6.19. The molecule has 3 heterocycles. The summed E-state index contributed by atoms with van der Waals surface area (Å²) in [5.74, 6) is 0.681. The van der Waals surface area contributed by atoms with E-state index >= 15 is 0 Å². The zero-order valence-corrected chi connectivity index (χ0v) is 16.7. The van der Waals surface area contributed by atoms with Crippen molar-refractivity contribution in [2.75, 3.05) is 33.7 Å². The molecule has 4 rings (SSSR count). The first-order valence-corrected chi connectivity index (χ1v) is 11.0. The monoisotopic (exact) mass is 392 g/mol. The summed E-state index contributed by atoms with van der Waals surface area (Å²) in [6.45, 7) is 3.33. The van der Waals surface area contributed by atoms with Crippen LogP contribution in [0.1, 0.15) is 17.2 Å². The van der Waals surface area contributed by atoms with Crippen LogP contribution in [0.2, 0.25) is 0 Å². The molecule has 0 unspecified atom stereocenters. The number of rotatable bonds is 5. The van der Waals surface area contributed by atoms with E-state index in [2.05, 4.69) is 26.8 Å². The molecule has 0 aliphatic carbocycles. The number of nitrogens with zero attached hydrogens (tertiary/aromatic N) is 4. The van der Waals surface area contributed by atoms with E-state index in [0.29, 0.717) is 18.4 Å². The van der Waals surface area contributed by atoms with Gasteiger partial charge in [0, 0.05) is 51.9 Å². The average Bonchev–Trinajstić information content (AvgIpc) is 3.31. The van der Waals surface area contributed by atoms with Crippen LogP contribution in [0.5, 0.6) is 0 Å². The summed E-state index contributed by atoms with van der Waals surface area (Å²) in [7, 11) is -0.219. The molecule has 140 valence electrons. The number of hydrogen-bond acceptors (Lipinski definition) is 5. The van der Waals surface area contributed by atoms with Crippen LogP contribution < -0.4 is 0 Å². The molecule has 0 radical (unpaired) electrons. The van der Waals surface area contributed by atoms with Gasteiger partial charge in [0.15, 0.2) is 0 Å². The molecule has 2 aliphatic rings. The fraction of sp³-hybridized carbons (Fsp3) is 0.500. The Balaban J connectivity index is 1.61. The Bertz CT molecular complexity index is 839. The van der Waals surface area contributed by atoms with Crippen molar-refractivity contribution in [2.45, 2.75) is 12.6 Å². The number of fused-ring (bicyclic) bond motifs is 1. The van der Waals surface area contributed by atoms with E-state index in [1.165, 1.54) is 21.4 Å². The third-order valence-corrected chi connectivity index (χ3v) is 8.01. The SMILES string of the molecule is CN(C)S(=O)(=O)N1C[C@@H]2CN(Cc3cnsc3)C[C@@H]2[C@@H]1c1ccccc1. The highest BCUT2D eigenvalue weighted by Crippen LogP contribution is 2.46. The summed E-state index contributed by atoms with van der Waals surface area (Å²) >= 11 is 1.48. The molecule has 2 aliphatic heterocycles. The first kappa shape index (κ1) is 18.1. The molecular formula is C18H24N4O2S2. The highest BCUT2D eigenvalue weighted by Gasteiger charge is 2.51. The van der Waals surface area contributed by atoms with Crippen molar-refractivity contribution in [1.29, 1.82) is 0 Å². The van der Waals surface area contributed by atoms with Crippen LogP contribution >= 0.6 is 11.5 Å². The summed E-state index contributed by atoms with van der Waals surface area (Å²) in [5.41, 5.74) is 2.33. The number of hydrogen-bond donors (Lipinski definition) is 0. The van der Waals surface area contributed by atoms with Crippen LogP contribution in [0, 0.1) is 11.8 Å². The number of likely N-dealkylation sites (tertiary alicyclic amines) is 1. The molecule has 0 N–H and O–H groups in total. The smallest absolute Gasteiger partial charge is 0.282 e. The third kappa shape index (κ3) is 3.20. The van der Waals surface area contributed by atoms with Gasteiger partial charge in [-0.2, -0.15) is 17.0 Å². The van der Waals surface area contributed by atoms with Gasteiger partial charge in [0.2, 0.25) is 0 Å². The summed E-state index contributed by atoms with van der Waals surface area (Å²) < 4.78 is 33.1. The molecule has 0 amide bonds. The molecule has 2 fully saturated rings. The van der Waals surface area contributed by atoms with E-state index in [9.17, 15) is 8.42 Å². The summed E-state index contributed by atoms with van der Waals surface area (Å²) in [4.78, 5) is 2.44. The average molecular weight is 393 g/mol. The Morgan fingerprint density at radius 3 is 2.62 bits per heavy atom. The van der Waals surface area contributed by atoms with Crippen LogP contribution in [0.25, 0.3) is 0 Å². The van der Waals surface area contributed by atoms with Crippen molar-refractivity contribution in [3.8, 4) is 0 Å². The lowest BCUT2D eigenvalue weighted by Crippen LogP contribution is -2.42. The van der Waals surface area contributed by atoms with E-state index in [4.69, 9.17) is 0 Å². The second kappa shape index (κ2) is 7.01. The minimum atomic E-state index is -3.44. The van der Waals surface area contributed by atoms with Crippen LogP contribution in [-0.2, 0) is 16.8 Å². The van der Waals surface area contributed by atoms with Gasteiger partial charge in [-0.25, -0.2) is 4.37 Å². The molecule has 2 aromatic rings. The van der Waals surface area contributed by atoms with Gasteiger partial charge in [-0.05, 0) is 34.5 Å². The molecule has 1 aromatic carbocycles. The molecule has 3 atom stereocenters. The lowest BCUT2D eigenvalue weighted by atomic mass is 9.90. The van der Waals surface area contributed by atoms with Crippen molar-refractivity contribution in [1.82, 2.24) is 17.9 Å². The van der Waals surface area contributed by atoms with Gasteiger partial charge in [0.1, 0.15) is 0 Å². The summed E-state index contributed by atoms with van der Waals surface area (Å²) in [5, 5.41) is 2.09. The normalized spacial score (nSPS) is 27.3. The van der Waals surface area contributed by atoms with Crippen LogP contribution in [0.3, 0.4) is 0 Å². The predicted octanol–water partition coefficient (Wildman–Crippen LogP) is 2.05. The van der Waals surface area contributed by atoms with Crippen molar-refractivity contribution in [2.24, 2.45) is 11.8 Å². The Morgan fingerprint density at radius 2 is 1.96 bits per heavy atom. The maximum Gasteiger partial charge on any atom is 0.282 e. The van der Waals surface area contributed by atoms with Gasteiger partial charge >= 0.3 is 0 Å². The Kier molecular flexibility index (Phi) is 4.87. The maximum absolute atomic E-state index is 12.9. The number of aromatic nitrogens is 1. The fourth-order valence-electron chi connectivity index (χ4n) is 4.30. The Hall–Kier alpha value is -1.32. The quantitative estimate of drug-likeness (QED) is 0.782. The minimum Gasteiger partial charge on any atom is -0.298 e. The second-order valence-corrected chi connectivity index (χ2v) is 10.1. The molecule has 0 spiro atoms. The van der Waals surface area contributed by atoms with E-state index in [-0.39, 0.29) is 6.04 Å². The highest BCUT2D eigenvalue weighted by atomic mass is 32.2. The predicted molar refractivity (Wildman–Crippen MR) is 103 cm³/mol. The molecular weight excluding hydrogens is 368 g/mol. The maximum atomic E-state index is 12.9. The van der Waals surface area contributed by atoms with Crippen molar-refractivity contribution in [3.05, 3.63) is 53.0 Å². The molecule has 0 bridgehead atoms. The van der Waals surface area contributed by atoms with Crippen LogP contribution in [0.4, 0.5) is 0 Å². The van der Waals surface area contributed by atoms with Gasteiger partial charge in [-0.1, -0.05) is 30.3 Å². The topological polar surface area (TPSA) is 56.8 Å². The molecule has 6 nitrogen and oxygen atoms in total. The zero-order chi connectivity index (χ0) is 18.3. The minimum absolute atomic E-state index is 0.0980. The van der Waals surface area contributed by atoms with Crippen LogP contribution in [0.15, 0.2) is 41.9 Å². The van der Waals surface area contributed by atoms with Crippen LogP contribution in [-0.4, -0.2) is 60.0 Å². The second-order valence-electron chi connectivity index (χ2n) is 7.37. The van der Waals surface area contributed by atoms with Crippen molar-refractivity contribution < 1.29 is 8.42 Å². The van der Waals surface area contributed by atoms with Crippen molar-refractivity contribution >= 4 is 21.7 Å². The van der Waals surface area contributed by atoms with E-state index < -0.39 is 10.2 Å². The lowest BCUT2D eigenvalue weighted by molar-refractivity contribution is 0.254. The standard InChI is InChI=1S/C18H24N4O2S2/c1-20(2)26(23,24)22-11-16-10-21(9-14-8-19-25-13-14)12-17(16)18(22)15-6-4-3-5-7-15/h3-8,13,16-18H,9-12H2,1-2H3/t16-,17-,18-/m0/s1. The Morgan fingerprint density at radius 1 is 1.19 bits per heavy atom. The van der Waals surface area contributed by atoms with E-state index in [1.807, 2.05) is 24.4 Å². The lowest BCUT2D eigenvalue weighted by Gasteiger charge is -2.31. The largest absolute Gasteiger partial charge is 0.298 e. The molecule has 8 heteroatoms. The molecule has 0 saturated carbocycles. The summed E-state index contributed by atoms with van der Waals surface area (Å²) in [6, 6.07) is 9.97.